The minimum atomic E-state index is -0.992. The van der Waals surface area contributed by atoms with Crippen LogP contribution in [0, 0.1) is 0 Å². The number of carboxylic acid groups (broad SMARTS) is 1. The number of hydrogen-bond donors (Lipinski definition) is 2. The maximum atomic E-state index is 11.6. The molecular formula is C14H18ClNO3. The minimum Gasteiger partial charge on any atom is -0.480 e. The van der Waals surface area contributed by atoms with Crippen LogP contribution in [0.1, 0.15) is 31.7 Å². The molecule has 19 heavy (non-hydrogen) atoms. The predicted octanol–water partition coefficient (Wildman–Crippen LogP) is 2.64. The zero-order chi connectivity index (χ0) is 14.3. The summed E-state index contributed by atoms with van der Waals surface area (Å²) in [7, 11) is 0. The van der Waals surface area contributed by atoms with Gasteiger partial charge in [-0.25, -0.2) is 4.79 Å². The first-order valence-corrected chi connectivity index (χ1v) is 6.67. The zero-order valence-electron chi connectivity index (χ0n) is 10.9. The van der Waals surface area contributed by atoms with E-state index >= 15 is 0 Å². The summed E-state index contributed by atoms with van der Waals surface area (Å²) in [6, 6.07) is 6.69. The lowest BCUT2D eigenvalue weighted by molar-refractivity contribution is -0.141. The number of carbonyl (C=O) groups excluding carboxylic acids is 1. The van der Waals surface area contributed by atoms with E-state index in [1.165, 1.54) is 0 Å². The maximum Gasteiger partial charge on any atom is 0.326 e. The van der Waals surface area contributed by atoms with Gasteiger partial charge in [0.1, 0.15) is 6.04 Å². The summed E-state index contributed by atoms with van der Waals surface area (Å²) >= 11 is 5.78. The van der Waals surface area contributed by atoms with E-state index in [4.69, 9.17) is 16.7 Å². The number of rotatable bonds is 7. The number of halogens is 1. The average molecular weight is 284 g/mol. The third-order valence-electron chi connectivity index (χ3n) is 2.82. The van der Waals surface area contributed by atoms with Crippen LogP contribution in [0.5, 0.6) is 0 Å². The number of benzene rings is 1. The molecule has 1 aromatic rings. The van der Waals surface area contributed by atoms with Crippen LogP contribution in [0.4, 0.5) is 0 Å². The molecule has 1 atom stereocenters. The average Bonchev–Trinajstić information content (AvgIpc) is 2.38. The fourth-order valence-electron chi connectivity index (χ4n) is 1.71. The Hall–Kier alpha value is -1.55. The molecule has 5 heteroatoms. The van der Waals surface area contributed by atoms with Gasteiger partial charge in [-0.2, -0.15) is 0 Å². The van der Waals surface area contributed by atoms with Crippen molar-refractivity contribution in [2.24, 2.45) is 0 Å². The first kappa shape index (κ1) is 15.5. The lowest BCUT2D eigenvalue weighted by Gasteiger charge is -2.11. The molecule has 0 radical (unpaired) electrons. The predicted molar refractivity (Wildman–Crippen MR) is 74.2 cm³/mol. The van der Waals surface area contributed by atoms with Crippen molar-refractivity contribution in [2.75, 3.05) is 0 Å². The van der Waals surface area contributed by atoms with Gasteiger partial charge in [-0.1, -0.05) is 30.7 Å². The fraction of sp³-hybridized carbons (Fsp3) is 0.429. The van der Waals surface area contributed by atoms with Gasteiger partial charge in [0.2, 0.25) is 5.91 Å². The van der Waals surface area contributed by atoms with Gasteiger partial charge in [-0.15, -0.1) is 0 Å². The number of carboxylic acids is 1. The standard InChI is InChI=1S/C14H18ClNO3/c1-2-12(14(18)19)16-13(17)5-3-4-10-6-8-11(15)9-7-10/h6-9,12H,2-5H2,1H3,(H,16,17)(H,18,19). The quantitative estimate of drug-likeness (QED) is 0.808. The van der Waals surface area contributed by atoms with Crippen LogP contribution < -0.4 is 5.32 Å². The first-order chi connectivity index (χ1) is 9.02. The highest BCUT2D eigenvalue weighted by atomic mass is 35.5. The number of hydrogen-bond acceptors (Lipinski definition) is 2. The van der Waals surface area contributed by atoms with Crippen LogP contribution in [-0.2, 0) is 16.0 Å². The molecule has 1 unspecified atom stereocenters. The van der Waals surface area contributed by atoms with E-state index in [0.29, 0.717) is 24.3 Å². The van der Waals surface area contributed by atoms with E-state index in [9.17, 15) is 9.59 Å². The molecule has 2 N–H and O–H groups in total. The molecule has 104 valence electrons. The number of aliphatic carboxylic acids is 1. The Morgan fingerprint density at radius 2 is 1.95 bits per heavy atom. The van der Waals surface area contributed by atoms with Gasteiger partial charge in [0.25, 0.3) is 0 Å². The highest BCUT2D eigenvalue weighted by Gasteiger charge is 2.16. The van der Waals surface area contributed by atoms with Crippen LogP contribution in [0.3, 0.4) is 0 Å². The van der Waals surface area contributed by atoms with Crippen molar-refractivity contribution in [3.05, 3.63) is 34.9 Å². The summed E-state index contributed by atoms with van der Waals surface area (Å²) < 4.78 is 0. The Kier molecular flexibility index (Phi) is 6.36. The zero-order valence-corrected chi connectivity index (χ0v) is 11.6. The number of nitrogens with one attached hydrogen (secondary N) is 1. The first-order valence-electron chi connectivity index (χ1n) is 6.29. The lowest BCUT2D eigenvalue weighted by Crippen LogP contribution is -2.40. The molecule has 1 rings (SSSR count). The molecule has 0 aromatic heterocycles. The van der Waals surface area contributed by atoms with Gasteiger partial charge in [-0.05, 0) is 37.0 Å². The molecule has 0 fully saturated rings. The van der Waals surface area contributed by atoms with Gasteiger partial charge in [0, 0.05) is 11.4 Å². The SMILES string of the molecule is CCC(NC(=O)CCCc1ccc(Cl)cc1)C(=O)O. The molecule has 0 heterocycles. The molecule has 0 saturated carbocycles. The summed E-state index contributed by atoms with van der Waals surface area (Å²) in [4.78, 5) is 22.3. The highest BCUT2D eigenvalue weighted by Crippen LogP contribution is 2.11. The van der Waals surface area contributed by atoms with E-state index in [0.717, 1.165) is 12.0 Å². The Labute approximate surface area is 117 Å². The van der Waals surface area contributed by atoms with E-state index in [1.807, 2.05) is 24.3 Å². The molecule has 0 aliphatic carbocycles. The number of carbonyl (C=O) groups is 2. The topological polar surface area (TPSA) is 66.4 Å². The maximum absolute atomic E-state index is 11.6. The van der Waals surface area contributed by atoms with Crippen LogP contribution >= 0.6 is 11.6 Å². The van der Waals surface area contributed by atoms with Crippen molar-refractivity contribution >= 4 is 23.5 Å². The summed E-state index contributed by atoms with van der Waals surface area (Å²) in [5, 5.41) is 12.0. The third-order valence-corrected chi connectivity index (χ3v) is 3.08. The largest absolute Gasteiger partial charge is 0.480 e. The van der Waals surface area contributed by atoms with Crippen LogP contribution in [0.2, 0.25) is 5.02 Å². The number of amides is 1. The molecule has 0 aliphatic rings. The number of aryl methyl sites for hydroxylation is 1. The molecule has 4 nitrogen and oxygen atoms in total. The summed E-state index contributed by atoms with van der Waals surface area (Å²) in [5.41, 5.74) is 1.11. The second-order valence-corrected chi connectivity index (χ2v) is 4.78. The Balaban J connectivity index is 2.30. The molecule has 1 aromatic carbocycles. The normalized spacial score (nSPS) is 11.9. The van der Waals surface area contributed by atoms with E-state index < -0.39 is 12.0 Å². The summed E-state index contributed by atoms with van der Waals surface area (Å²) in [5.74, 6) is -1.21. The van der Waals surface area contributed by atoms with Crippen LogP contribution in [-0.4, -0.2) is 23.0 Å². The van der Waals surface area contributed by atoms with E-state index in [1.54, 1.807) is 6.92 Å². The summed E-state index contributed by atoms with van der Waals surface area (Å²) in [6.45, 7) is 1.73. The van der Waals surface area contributed by atoms with Crippen LogP contribution in [0.25, 0.3) is 0 Å². The van der Waals surface area contributed by atoms with Crippen molar-refractivity contribution in [1.29, 1.82) is 0 Å². The molecule has 0 saturated heterocycles. The second-order valence-electron chi connectivity index (χ2n) is 4.35. The van der Waals surface area contributed by atoms with E-state index in [-0.39, 0.29) is 5.91 Å². The highest BCUT2D eigenvalue weighted by molar-refractivity contribution is 6.30. The monoisotopic (exact) mass is 283 g/mol. The van der Waals surface area contributed by atoms with Crippen molar-refractivity contribution in [1.82, 2.24) is 5.32 Å². The molecule has 0 aliphatic heterocycles. The van der Waals surface area contributed by atoms with Crippen LogP contribution in [0.15, 0.2) is 24.3 Å². The third kappa shape index (κ3) is 5.75. The summed E-state index contributed by atoms with van der Waals surface area (Å²) in [6.07, 6.45) is 2.17. The van der Waals surface area contributed by atoms with Gasteiger partial charge >= 0.3 is 5.97 Å². The smallest absolute Gasteiger partial charge is 0.326 e. The fourth-order valence-corrected chi connectivity index (χ4v) is 1.84. The Morgan fingerprint density at radius 1 is 1.32 bits per heavy atom. The molecule has 0 spiro atoms. The van der Waals surface area contributed by atoms with E-state index in [2.05, 4.69) is 5.32 Å². The Bertz CT molecular complexity index is 431. The molecule has 1 amide bonds. The van der Waals surface area contributed by atoms with Crippen molar-refractivity contribution in [2.45, 2.75) is 38.6 Å². The molecular weight excluding hydrogens is 266 g/mol. The van der Waals surface area contributed by atoms with Gasteiger partial charge in [-0.3, -0.25) is 4.79 Å². The van der Waals surface area contributed by atoms with Gasteiger partial charge in [0.15, 0.2) is 0 Å². The molecule has 0 bridgehead atoms. The van der Waals surface area contributed by atoms with Crippen molar-refractivity contribution < 1.29 is 14.7 Å². The second kappa shape index (κ2) is 7.79. The van der Waals surface area contributed by atoms with Gasteiger partial charge < -0.3 is 10.4 Å². The van der Waals surface area contributed by atoms with Crippen molar-refractivity contribution in [3.63, 3.8) is 0 Å². The Morgan fingerprint density at radius 3 is 2.47 bits per heavy atom. The van der Waals surface area contributed by atoms with Crippen molar-refractivity contribution in [3.8, 4) is 0 Å². The van der Waals surface area contributed by atoms with Gasteiger partial charge in [0.05, 0.1) is 0 Å². The lowest BCUT2D eigenvalue weighted by atomic mass is 10.1. The minimum absolute atomic E-state index is 0.219.